The fourth-order valence-electron chi connectivity index (χ4n) is 3.37. The molecule has 2 aromatic carbocycles. The van der Waals surface area contributed by atoms with E-state index in [4.69, 9.17) is 4.74 Å². The van der Waals surface area contributed by atoms with Crippen molar-refractivity contribution in [2.45, 2.75) is 20.3 Å². The largest absolute Gasteiger partial charge is 0.493 e. The second-order valence-electron chi connectivity index (χ2n) is 7.36. The first-order chi connectivity index (χ1) is 14.0. The molecule has 1 N–H and O–H groups in total. The summed E-state index contributed by atoms with van der Waals surface area (Å²) in [5.74, 6) is 0.857. The van der Waals surface area contributed by atoms with E-state index >= 15 is 0 Å². The molecule has 0 aromatic heterocycles. The van der Waals surface area contributed by atoms with Crippen LogP contribution in [0.1, 0.15) is 17.5 Å². The van der Waals surface area contributed by atoms with Crippen molar-refractivity contribution in [3.05, 3.63) is 59.7 Å². The first-order valence-corrected chi connectivity index (χ1v) is 10.1. The van der Waals surface area contributed by atoms with E-state index in [2.05, 4.69) is 10.2 Å². The molecule has 2 aromatic rings. The van der Waals surface area contributed by atoms with Crippen LogP contribution in [0.15, 0.2) is 48.5 Å². The number of ether oxygens (including phenoxy) is 1. The molecule has 3 rings (SSSR count). The van der Waals surface area contributed by atoms with Crippen molar-refractivity contribution in [1.82, 2.24) is 9.80 Å². The number of carbonyl (C=O) groups excluding carboxylic acids is 2. The van der Waals surface area contributed by atoms with E-state index in [1.807, 2.05) is 67.3 Å². The van der Waals surface area contributed by atoms with Crippen LogP contribution in [-0.2, 0) is 9.59 Å². The summed E-state index contributed by atoms with van der Waals surface area (Å²) in [4.78, 5) is 28.7. The second kappa shape index (κ2) is 10.1. The van der Waals surface area contributed by atoms with Crippen molar-refractivity contribution >= 4 is 17.5 Å². The highest BCUT2D eigenvalue weighted by atomic mass is 16.5. The maximum Gasteiger partial charge on any atom is 0.238 e. The van der Waals surface area contributed by atoms with Crippen molar-refractivity contribution < 1.29 is 14.3 Å². The number of carbonyl (C=O) groups is 2. The van der Waals surface area contributed by atoms with Gasteiger partial charge >= 0.3 is 0 Å². The highest BCUT2D eigenvalue weighted by Crippen LogP contribution is 2.18. The van der Waals surface area contributed by atoms with Crippen LogP contribution in [0.5, 0.6) is 5.75 Å². The van der Waals surface area contributed by atoms with Crippen LogP contribution in [0.3, 0.4) is 0 Å². The van der Waals surface area contributed by atoms with Crippen molar-refractivity contribution in [1.29, 1.82) is 0 Å². The smallest absolute Gasteiger partial charge is 0.238 e. The fraction of sp³-hybridized carbons (Fsp3) is 0.391. The molecule has 6 nitrogen and oxygen atoms in total. The lowest BCUT2D eigenvalue weighted by molar-refractivity contribution is -0.133. The number of benzene rings is 2. The molecule has 1 aliphatic heterocycles. The summed E-state index contributed by atoms with van der Waals surface area (Å²) in [5, 5.41) is 3.00. The van der Waals surface area contributed by atoms with Gasteiger partial charge in [0.2, 0.25) is 11.8 Å². The molecule has 0 unspecified atom stereocenters. The third kappa shape index (κ3) is 6.06. The Hall–Kier alpha value is -2.86. The summed E-state index contributed by atoms with van der Waals surface area (Å²) in [6.07, 6.45) is 0.363. The Balaban J connectivity index is 1.37. The summed E-state index contributed by atoms with van der Waals surface area (Å²) in [6, 6.07) is 15.4. The van der Waals surface area contributed by atoms with Gasteiger partial charge in [0, 0.05) is 31.9 Å². The van der Waals surface area contributed by atoms with E-state index in [0.717, 1.165) is 22.6 Å². The first kappa shape index (κ1) is 20.9. The zero-order valence-corrected chi connectivity index (χ0v) is 17.2. The van der Waals surface area contributed by atoms with Gasteiger partial charge in [-0.25, -0.2) is 0 Å². The minimum atomic E-state index is -0.0188. The van der Waals surface area contributed by atoms with Gasteiger partial charge in [0.15, 0.2) is 0 Å². The van der Waals surface area contributed by atoms with E-state index < -0.39 is 0 Å². The van der Waals surface area contributed by atoms with Crippen molar-refractivity contribution in [2.75, 3.05) is 44.6 Å². The molecule has 29 heavy (non-hydrogen) atoms. The molecule has 1 heterocycles. The molecule has 2 amide bonds. The summed E-state index contributed by atoms with van der Waals surface area (Å²) >= 11 is 0. The Bertz CT molecular complexity index is 831. The van der Waals surface area contributed by atoms with Gasteiger partial charge in [0.05, 0.1) is 19.6 Å². The lowest BCUT2D eigenvalue weighted by Crippen LogP contribution is -2.50. The Morgan fingerprint density at radius 1 is 0.966 bits per heavy atom. The van der Waals surface area contributed by atoms with Gasteiger partial charge in [-0.1, -0.05) is 30.3 Å². The molecule has 154 valence electrons. The number of nitrogens with one attached hydrogen (secondary N) is 1. The van der Waals surface area contributed by atoms with Crippen LogP contribution in [0.2, 0.25) is 0 Å². The van der Waals surface area contributed by atoms with Gasteiger partial charge in [0.25, 0.3) is 0 Å². The predicted molar refractivity (Wildman–Crippen MR) is 114 cm³/mol. The van der Waals surface area contributed by atoms with E-state index in [9.17, 15) is 9.59 Å². The van der Waals surface area contributed by atoms with E-state index in [0.29, 0.717) is 45.8 Å². The minimum Gasteiger partial charge on any atom is -0.493 e. The number of piperazine rings is 1. The van der Waals surface area contributed by atoms with E-state index in [1.54, 1.807) is 0 Å². The number of rotatable bonds is 7. The standard InChI is InChI=1S/C23H29N3O3/c1-18-7-6-10-21(19(18)2)24-22(27)17-25-12-14-26(15-13-25)23(28)11-16-29-20-8-4-3-5-9-20/h3-10H,11-17H2,1-2H3,(H,24,27). The lowest BCUT2D eigenvalue weighted by Gasteiger charge is -2.34. The Kier molecular flexibility index (Phi) is 7.25. The molecule has 1 aliphatic rings. The molecule has 6 heteroatoms. The van der Waals surface area contributed by atoms with E-state index in [1.165, 1.54) is 0 Å². The molecule has 0 aliphatic carbocycles. The summed E-state index contributed by atoms with van der Waals surface area (Å²) in [5.41, 5.74) is 3.11. The Morgan fingerprint density at radius 2 is 1.69 bits per heavy atom. The fourth-order valence-corrected chi connectivity index (χ4v) is 3.37. The second-order valence-corrected chi connectivity index (χ2v) is 7.36. The quantitative estimate of drug-likeness (QED) is 0.783. The van der Waals surface area contributed by atoms with Crippen LogP contribution in [0, 0.1) is 13.8 Å². The molecule has 1 fully saturated rings. The zero-order chi connectivity index (χ0) is 20.6. The first-order valence-electron chi connectivity index (χ1n) is 10.1. The van der Waals surface area contributed by atoms with Crippen LogP contribution in [0.25, 0.3) is 0 Å². The van der Waals surface area contributed by atoms with Gasteiger partial charge in [-0.3, -0.25) is 14.5 Å². The number of anilines is 1. The maximum atomic E-state index is 12.4. The van der Waals surface area contributed by atoms with Gasteiger partial charge < -0.3 is 15.0 Å². The average Bonchev–Trinajstić information content (AvgIpc) is 2.72. The normalized spacial score (nSPS) is 14.5. The monoisotopic (exact) mass is 395 g/mol. The number of hydrogen-bond acceptors (Lipinski definition) is 4. The molecule has 0 atom stereocenters. The molecular formula is C23H29N3O3. The zero-order valence-electron chi connectivity index (χ0n) is 17.2. The number of nitrogens with zero attached hydrogens (tertiary/aromatic N) is 2. The Morgan fingerprint density at radius 3 is 2.41 bits per heavy atom. The third-order valence-corrected chi connectivity index (χ3v) is 5.30. The molecule has 0 spiro atoms. The number of amides is 2. The third-order valence-electron chi connectivity index (χ3n) is 5.30. The van der Waals surface area contributed by atoms with Crippen LogP contribution < -0.4 is 10.1 Å². The number of para-hydroxylation sites is 1. The summed E-state index contributed by atoms with van der Waals surface area (Å²) in [6.45, 7) is 7.44. The summed E-state index contributed by atoms with van der Waals surface area (Å²) in [7, 11) is 0. The maximum absolute atomic E-state index is 12.4. The molecule has 0 radical (unpaired) electrons. The average molecular weight is 396 g/mol. The molecule has 0 bridgehead atoms. The van der Waals surface area contributed by atoms with Crippen molar-refractivity contribution in [3.8, 4) is 5.75 Å². The van der Waals surface area contributed by atoms with Crippen LogP contribution in [0.4, 0.5) is 5.69 Å². The highest BCUT2D eigenvalue weighted by molar-refractivity contribution is 5.93. The molecular weight excluding hydrogens is 366 g/mol. The topological polar surface area (TPSA) is 61.9 Å². The van der Waals surface area contributed by atoms with Crippen LogP contribution in [-0.4, -0.2) is 60.9 Å². The minimum absolute atomic E-state index is 0.0188. The summed E-state index contributed by atoms with van der Waals surface area (Å²) < 4.78 is 5.60. The number of aryl methyl sites for hydroxylation is 1. The SMILES string of the molecule is Cc1cccc(NC(=O)CN2CCN(C(=O)CCOc3ccccc3)CC2)c1C. The van der Waals surface area contributed by atoms with Crippen molar-refractivity contribution in [3.63, 3.8) is 0 Å². The van der Waals surface area contributed by atoms with Crippen molar-refractivity contribution in [2.24, 2.45) is 0 Å². The predicted octanol–water partition coefficient (Wildman–Crippen LogP) is 2.86. The molecule has 0 saturated carbocycles. The number of hydrogen-bond donors (Lipinski definition) is 1. The molecule has 1 saturated heterocycles. The van der Waals surface area contributed by atoms with Gasteiger partial charge in [-0.05, 0) is 43.2 Å². The van der Waals surface area contributed by atoms with E-state index in [-0.39, 0.29) is 11.8 Å². The Labute approximate surface area is 172 Å². The van der Waals surface area contributed by atoms with Gasteiger partial charge in [-0.2, -0.15) is 0 Å². The van der Waals surface area contributed by atoms with Gasteiger partial charge in [0.1, 0.15) is 5.75 Å². The van der Waals surface area contributed by atoms with Gasteiger partial charge in [-0.15, -0.1) is 0 Å². The lowest BCUT2D eigenvalue weighted by atomic mass is 10.1. The highest BCUT2D eigenvalue weighted by Gasteiger charge is 2.22. The van der Waals surface area contributed by atoms with Crippen LogP contribution >= 0.6 is 0 Å².